The molecule has 1 N–H and O–H groups in total. The van der Waals surface area contributed by atoms with Crippen LogP contribution >= 0.6 is 23.1 Å². The molecule has 4 heteroatoms. The second-order valence-corrected chi connectivity index (χ2v) is 4.72. The van der Waals surface area contributed by atoms with Gasteiger partial charge in [-0.15, -0.1) is 23.1 Å². The Balaban J connectivity index is 2.84. The summed E-state index contributed by atoms with van der Waals surface area (Å²) in [5.41, 5.74) is 0.370. The zero-order valence-electron chi connectivity index (χ0n) is 7.40. The summed E-state index contributed by atoms with van der Waals surface area (Å²) in [6, 6.07) is 3.93. The van der Waals surface area contributed by atoms with E-state index in [4.69, 9.17) is 5.11 Å². The second-order valence-electron chi connectivity index (χ2n) is 2.49. The van der Waals surface area contributed by atoms with Crippen molar-refractivity contribution in [1.29, 1.82) is 0 Å². The van der Waals surface area contributed by atoms with Gasteiger partial charge in [-0.2, -0.15) is 0 Å². The van der Waals surface area contributed by atoms with Gasteiger partial charge in [-0.25, -0.2) is 4.79 Å². The summed E-state index contributed by atoms with van der Waals surface area (Å²) < 4.78 is 1.20. The van der Waals surface area contributed by atoms with E-state index in [0.29, 0.717) is 5.57 Å². The molecular formula is C9H10O2S2. The fourth-order valence-corrected chi connectivity index (χ4v) is 2.36. The molecule has 0 amide bonds. The lowest BCUT2D eigenvalue weighted by atomic mass is 10.2. The van der Waals surface area contributed by atoms with E-state index in [1.54, 1.807) is 36.1 Å². The largest absolute Gasteiger partial charge is 0.478 e. The average molecular weight is 214 g/mol. The summed E-state index contributed by atoms with van der Waals surface area (Å²) in [7, 11) is 0. The molecule has 0 fully saturated rings. The summed E-state index contributed by atoms with van der Waals surface area (Å²) in [5, 5.41) is 8.64. The predicted molar refractivity (Wildman–Crippen MR) is 57.4 cm³/mol. The third-order valence-corrected chi connectivity index (χ3v) is 3.61. The number of hydrogen-bond acceptors (Lipinski definition) is 3. The number of rotatable bonds is 3. The lowest BCUT2D eigenvalue weighted by Crippen LogP contribution is -1.94. The average Bonchev–Trinajstić information content (AvgIpc) is 2.52. The van der Waals surface area contributed by atoms with E-state index in [0.717, 1.165) is 4.88 Å². The van der Waals surface area contributed by atoms with Crippen LogP contribution in [0.25, 0.3) is 6.08 Å². The van der Waals surface area contributed by atoms with Crippen molar-refractivity contribution in [3.63, 3.8) is 0 Å². The molecule has 1 aromatic rings. The quantitative estimate of drug-likeness (QED) is 0.621. The van der Waals surface area contributed by atoms with Crippen molar-refractivity contribution in [3.8, 4) is 0 Å². The Bertz CT molecular complexity index is 339. The molecule has 0 unspecified atom stereocenters. The van der Waals surface area contributed by atoms with Gasteiger partial charge in [-0.1, -0.05) is 0 Å². The number of hydrogen-bond donors (Lipinski definition) is 1. The smallest absolute Gasteiger partial charge is 0.331 e. The molecule has 0 aliphatic heterocycles. The van der Waals surface area contributed by atoms with Crippen LogP contribution < -0.4 is 0 Å². The molecule has 0 radical (unpaired) electrons. The molecule has 1 aromatic heterocycles. The molecule has 0 atom stereocenters. The van der Waals surface area contributed by atoms with Gasteiger partial charge < -0.3 is 5.11 Å². The van der Waals surface area contributed by atoms with E-state index < -0.39 is 5.97 Å². The van der Waals surface area contributed by atoms with Gasteiger partial charge in [0.15, 0.2) is 0 Å². The van der Waals surface area contributed by atoms with Crippen molar-refractivity contribution >= 4 is 35.1 Å². The van der Waals surface area contributed by atoms with E-state index in [9.17, 15) is 4.79 Å². The van der Waals surface area contributed by atoms with E-state index in [1.165, 1.54) is 4.21 Å². The van der Waals surface area contributed by atoms with Crippen LogP contribution in [-0.2, 0) is 4.79 Å². The molecule has 0 saturated heterocycles. The minimum Gasteiger partial charge on any atom is -0.478 e. The first kappa shape index (κ1) is 10.3. The normalized spacial score (nSPS) is 11.7. The number of carbonyl (C=O) groups is 1. The number of thioether (sulfide) groups is 1. The highest BCUT2D eigenvalue weighted by molar-refractivity contribution is 8.00. The Morgan fingerprint density at radius 1 is 1.62 bits per heavy atom. The van der Waals surface area contributed by atoms with Crippen molar-refractivity contribution in [2.45, 2.75) is 11.1 Å². The van der Waals surface area contributed by atoms with Gasteiger partial charge in [0, 0.05) is 10.5 Å². The van der Waals surface area contributed by atoms with E-state index >= 15 is 0 Å². The van der Waals surface area contributed by atoms with Gasteiger partial charge in [0.2, 0.25) is 0 Å². The SMILES string of the molecule is CSc1ccc(/C=C(/C)C(=O)O)s1. The van der Waals surface area contributed by atoms with Crippen molar-refractivity contribution < 1.29 is 9.90 Å². The monoisotopic (exact) mass is 214 g/mol. The molecule has 0 aliphatic rings. The maximum absolute atomic E-state index is 10.5. The predicted octanol–water partition coefficient (Wildman–Crippen LogP) is 2.96. The molecule has 0 bridgehead atoms. The maximum Gasteiger partial charge on any atom is 0.331 e. The Morgan fingerprint density at radius 2 is 2.31 bits per heavy atom. The number of thiophene rings is 1. The molecular weight excluding hydrogens is 204 g/mol. The first-order chi connectivity index (χ1) is 6.13. The van der Waals surface area contributed by atoms with Gasteiger partial charge in [0.25, 0.3) is 0 Å². The van der Waals surface area contributed by atoms with Gasteiger partial charge in [0.1, 0.15) is 0 Å². The molecule has 2 nitrogen and oxygen atoms in total. The number of aliphatic carboxylic acids is 1. The first-order valence-electron chi connectivity index (χ1n) is 3.69. The van der Waals surface area contributed by atoms with E-state index in [-0.39, 0.29) is 0 Å². The van der Waals surface area contributed by atoms with Gasteiger partial charge >= 0.3 is 5.97 Å². The van der Waals surface area contributed by atoms with Crippen LogP contribution in [0, 0.1) is 0 Å². The lowest BCUT2D eigenvalue weighted by molar-refractivity contribution is -0.132. The molecule has 0 saturated carbocycles. The van der Waals surface area contributed by atoms with Crippen molar-refractivity contribution in [2.75, 3.05) is 6.26 Å². The summed E-state index contributed by atoms with van der Waals surface area (Å²) >= 11 is 3.27. The van der Waals surface area contributed by atoms with E-state index in [2.05, 4.69) is 0 Å². The molecule has 70 valence electrons. The van der Waals surface area contributed by atoms with Crippen LogP contribution in [0.3, 0.4) is 0 Å². The zero-order valence-corrected chi connectivity index (χ0v) is 9.04. The Hall–Kier alpha value is -0.740. The van der Waals surface area contributed by atoms with Crippen LogP contribution in [-0.4, -0.2) is 17.3 Å². The van der Waals surface area contributed by atoms with Crippen LogP contribution in [0.1, 0.15) is 11.8 Å². The topological polar surface area (TPSA) is 37.3 Å². The summed E-state index contributed by atoms with van der Waals surface area (Å²) in [6.07, 6.45) is 3.69. The van der Waals surface area contributed by atoms with E-state index in [1.807, 2.05) is 18.4 Å². The molecule has 0 aromatic carbocycles. The summed E-state index contributed by atoms with van der Waals surface area (Å²) in [5.74, 6) is -0.862. The zero-order chi connectivity index (χ0) is 9.84. The standard InChI is InChI=1S/C9H10O2S2/c1-6(9(10)11)5-7-3-4-8(12-2)13-7/h3-5H,1-2H3,(H,10,11)/b6-5-. The third kappa shape index (κ3) is 2.90. The molecule has 13 heavy (non-hydrogen) atoms. The van der Waals surface area contributed by atoms with Crippen LogP contribution in [0.2, 0.25) is 0 Å². The van der Waals surface area contributed by atoms with Crippen molar-refractivity contribution in [2.24, 2.45) is 0 Å². The Labute approximate surface area is 85.3 Å². The summed E-state index contributed by atoms with van der Waals surface area (Å²) in [4.78, 5) is 11.5. The highest BCUT2D eigenvalue weighted by Crippen LogP contribution is 2.26. The molecule has 1 heterocycles. The Kier molecular flexibility index (Phi) is 3.57. The van der Waals surface area contributed by atoms with Gasteiger partial charge in [0.05, 0.1) is 4.21 Å². The number of carboxylic acids is 1. The minimum atomic E-state index is -0.862. The highest BCUT2D eigenvalue weighted by Gasteiger charge is 2.01. The minimum absolute atomic E-state index is 0.370. The van der Waals surface area contributed by atoms with Gasteiger partial charge in [-0.3, -0.25) is 0 Å². The van der Waals surface area contributed by atoms with Crippen LogP contribution in [0.5, 0.6) is 0 Å². The highest BCUT2D eigenvalue weighted by atomic mass is 32.2. The maximum atomic E-state index is 10.5. The van der Waals surface area contributed by atoms with Gasteiger partial charge in [-0.05, 0) is 31.4 Å². The number of carboxylic acid groups (broad SMARTS) is 1. The third-order valence-electron chi connectivity index (χ3n) is 1.50. The summed E-state index contributed by atoms with van der Waals surface area (Å²) in [6.45, 7) is 1.60. The molecule has 0 spiro atoms. The first-order valence-corrected chi connectivity index (χ1v) is 5.73. The van der Waals surface area contributed by atoms with Crippen LogP contribution in [0.15, 0.2) is 21.9 Å². The molecule has 1 rings (SSSR count). The van der Waals surface area contributed by atoms with Crippen LogP contribution in [0.4, 0.5) is 0 Å². The molecule has 0 aliphatic carbocycles. The van der Waals surface area contributed by atoms with Crippen molar-refractivity contribution in [3.05, 3.63) is 22.6 Å². The Morgan fingerprint density at radius 3 is 2.77 bits per heavy atom. The second kappa shape index (κ2) is 4.48. The fourth-order valence-electron chi connectivity index (χ4n) is 0.797. The van der Waals surface area contributed by atoms with Crippen molar-refractivity contribution in [1.82, 2.24) is 0 Å². The lowest BCUT2D eigenvalue weighted by Gasteiger charge is -1.90. The fraction of sp³-hybridized carbons (Fsp3) is 0.222.